The molecule has 3 aromatic carbocycles. The van der Waals surface area contributed by atoms with E-state index in [0.29, 0.717) is 18.7 Å². The highest BCUT2D eigenvalue weighted by molar-refractivity contribution is 6.27. The second kappa shape index (κ2) is 10.5. The average molecular weight is 438 g/mol. The highest BCUT2D eigenvalue weighted by Crippen LogP contribution is 2.18. The number of hydrogen-bond donors (Lipinski definition) is 2. The number of nitrogens with zero attached hydrogens (tertiary/aromatic N) is 2. The van der Waals surface area contributed by atoms with Gasteiger partial charge in [0.15, 0.2) is 0 Å². The van der Waals surface area contributed by atoms with Gasteiger partial charge < -0.3 is 15.1 Å². The number of amides is 1. The minimum absolute atomic E-state index is 0.0881. The smallest absolute Gasteiger partial charge is 0.414 e. The van der Waals surface area contributed by atoms with Crippen molar-refractivity contribution in [3.05, 3.63) is 83.7 Å². The van der Waals surface area contributed by atoms with E-state index in [1.54, 1.807) is 12.1 Å². The van der Waals surface area contributed by atoms with Gasteiger partial charge in [-0.2, -0.15) is 0 Å². The molecule has 0 aliphatic carbocycles. The van der Waals surface area contributed by atoms with Crippen LogP contribution < -0.4 is 0 Å². The van der Waals surface area contributed by atoms with E-state index in [-0.39, 0.29) is 11.7 Å². The molecule has 2 N–H and O–H groups in total. The first-order valence-electron chi connectivity index (χ1n) is 10.0. The molecule has 0 saturated carbocycles. The fraction of sp³-hybridized carbons (Fsp3) is 0.208. The first kappa shape index (κ1) is 22.9. The first-order chi connectivity index (χ1) is 15.3. The Balaban J connectivity index is 0.000000427. The molecule has 3 aromatic rings. The number of hydrogen-bond acceptors (Lipinski definition) is 4. The molecule has 1 heterocycles. The van der Waals surface area contributed by atoms with E-state index >= 15 is 0 Å². The minimum atomic E-state index is -1.82. The summed E-state index contributed by atoms with van der Waals surface area (Å²) in [6, 6.07) is 20.9. The van der Waals surface area contributed by atoms with Crippen LogP contribution in [0.25, 0.3) is 10.8 Å². The molecule has 0 unspecified atom stereocenters. The number of carbonyl (C=O) groups excluding carboxylic acids is 1. The summed E-state index contributed by atoms with van der Waals surface area (Å²) in [7, 11) is 0. The highest BCUT2D eigenvalue weighted by Gasteiger charge is 2.22. The lowest BCUT2D eigenvalue weighted by Crippen LogP contribution is -2.48. The zero-order chi connectivity index (χ0) is 23.1. The average Bonchev–Trinajstić information content (AvgIpc) is 2.79. The van der Waals surface area contributed by atoms with Gasteiger partial charge in [-0.3, -0.25) is 9.69 Å². The zero-order valence-electron chi connectivity index (χ0n) is 17.3. The number of aliphatic carboxylic acids is 2. The standard InChI is InChI=1S/C22H21FN2O.C2H2O4/c23-21-7-3-6-20(15-21)22(26)25-12-10-24(11-13-25)16-17-8-9-18-4-1-2-5-19(18)14-17;3-1(4)2(5)6/h1-9,14-15H,10-13,16H2;(H,3,4)(H,5,6). The van der Waals surface area contributed by atoms with E-state index in [0.717, 1.165) is 19.6 Å². The summed E-state index contributed by atoms with van der Waals surface area (Å²) in [4.78, 5) is 34.9. The maximum atomic E-state index is 13.3. The van der Waals surface area contributed by atoms with Gasteiger partial charge in [0, 0.05) is 38.3 Å². The molecular weight excluding hydrogens is 415 g/mol. The van der Waals surface area contributed by atoms with Gasteiger partial charge in [-0.05, 0) is 40.6 Å². The van der Waals surface area contributed by atoms with Crippen LogP contribution in [0.1, 0.15) is 15.9 Å². The normalized spacial score (nSPS) is 13.8. The molecule has 0 bridgehead atoms. The third-order valence-corrected chi connectivity index (χ3v) is 5.13. The Bertz CT molecular complexity index is 1110. The van der Waals surface area contributed by atoms with E-state index in [1.165, 1.54) is 28.5 Å². The van der Waals surface area contributed by atoms with E-state index in [4.69, 9.17) is 19.8 Å². The number of benzene rings is 3. The molecule has 1 saturated heterocycles. The molecular formula is C24H23FN2O5. The van der Waals surface area contributed by atoms with Crippen LogP contribution in [-0.2, 0) is 16.1 Å². The number of piperazine rings is 1. The lowest BCUT2D eigenvalue weighted by molar-refractivity contribution is -0.159. The van der Waals surface area contributed by atoms with E-state index < -0.39 is 11.9 Å². The van der Waals surface area contributed by atoms with Crippen LogP contribution in [0, 0.1) is 5.82 Å². The van der Waals surface area contributed by atoms with Gasteiger partial charge in [-0.25, -0.2) is 14.0 Å². The molecule has 8 heteroatoms. The number of halogens is 1. The van der Waals surface area contributed by atoms with Crippen molar-refractivity contribution >= 4 is 28.6 Å². The summed E-state index contributed by atoms with van der Waals surface area (Å²) in [5, 5.41) is 17.3. The van der Waals surface area contributed by atoms with Crippen LogP contribution in [0.5, 0.6) is 0 Å². The van der Waals surface area contributed by atoms with Crippen LogP contribution in [0.3, 0.4) is 0 Å². The molecule has 1 aliphatic heterocycles. The van der Waals surface area contributed by atoms with Crippen molar-refractivity contribution in [1.82, 2.24) is 9.80 Å². The number of rotatable bonds is 3. The molecule has 4 rings (SSSR count). The number of carbonyl (C=O) groups is 3. The van der Waals surface area contributed by atoms with Crippen molar-refractivity contribution in [1.29, 1.82) is 0 Å². The third-order valence-electron chi connectivity index (χ3n) is 5.13. The molecule has 0 spiro atoms. The zero-order valence-corrected chi connectivity index (χ0v) is 17.3. The van der Waals surface area contributed by atoms with Gasteiger partial charge in [0.1, 0.15) is 5.82 Å². The summed E-state index contributed by atoms with van der Waals surface area (Å²) in [6.07, 6.45) is 0. The van der Waals surface area contributed by atoms with Crippen molar-refractivity contribution in [2.24, 2.45) is 0 Å². The fourth-order valence-electron chi connectivity index (χ4n) is 3.51. The Hall–Kier alpha value is -3.78. The molecule has 0 aromatic heterocycles. The third kappa shape index (κ3) is 6.12. The molecule has 166 valence electrons. The summed E-state index contributed by atoms with van der Waals surface area (Å²) in [6.45, 7) is 3.88. The van der Waals surface area contributed by atoms with Gasteiger partial charge in [0.25, 0.3) is 5.91 Å². The van der Waals surface area contributed by atoms with Crippen molar-refractivity contribution in [3.8, 4) is 0 Å². The van der Waals surface area contributed by atoms with Crippen molar-refractivity contribution < 1.29 is 29.0 Å². The number of carboxylic acid groups (broad SMARTS) is 2. The van der Waals surface area contributed by atoms with Gasteiger partial charge in [-0.1, -0.05) is 42.5 Å². The van der Waals surface area contributed by atoms with Crippen LogP contribution >= 0.6 is 0 Å². The van der Waals surface area contributed by atoms with Gasteiger partial charge in [0.2, 0.25) is 0 Å². The number of fused-ring (bicyclic) bond motifs is 1. The summed E-state index contributed by atoms with van der Waals surface area (Å²) < 4.78 is 13.3. The van der Waals surface area contributed by atoms with Crippen molar-refractivity contribution in [2.75, 3.05) is 26.2 Å². The monoisotopic (exact) mass is 438 g/mol. The molecule has 1 fully saturated rings. The topological polar surface area (TPSA) is 98.1 Å². The van der Waals surface area contributed by atoms with Crippen LogP contribution in [0.2, 0.25) is 0 Å². The first-order valence-corrected chi connectivity index (χ1v) is 10.0. The Morgan fingerprint density at radius 3 is 2.06 bits per heavy atom. The van der Waals surface area contributed by atoms with Gasteiger partial charge >= 0.3 is 11.9 Å². The Kier molecular flexibility index (Phi) is 7.51. The maximum absolute atomic E-state index is 13.3. The Morgan fingerprint density at radius 2 is 1.44 bits per heavy atom. The molecule has 1 amide bonds. The SMILES string of the molecule is O=C(O)C(=O)O.O=C(c1cccc(F)c1)N1CCN(Cc2ccc3ccccc3c2)CC1. The van der Waals surface area contributed by atoms with Crippen LogP contribution in [0.4, 0.5) is 4.39 Å². The van der Waals surface area contributed by atoms with Crippen molar-refractivity contribution in [2.45, 2.75) is 6.54 Å². The quantitative estimate of drug-likeness (QED) is 0.610. The largest absolute Gasteiger partial charge is 0.473 e. The Morgan fingerprint density at radius 1 is 0.781 bits per heavy atom. The molecule has 0 radical (unpaired) electrons. The summed E-state index contributed by atoms with van der Waals surface area (Å²) >= 11 is 0. The predicted octanol–water partition coefficient (Wildman–Crippen LogP) is 3.09. The molecule has 0 atom stereocenters. The number of carboxylic acids is 2. The highest BCUT2D eigenvalue weighted by atomic mass is 19.1. The van der Waals surface area contributed by atoms with Gasteiger partial charge in [-0.15, -0.1) is 0 Å². The van der Waals surface area contributed by atoms with E-state index in [1.807, 2.05) is 4.90 Å². The van der Waals surface area contributed by atoms with Crippen molar-refractivity contribution in [3.63, 3.8) is 0 Å². The fourth-order valence-corrected chi connectivity index (χ4v) is 3.51. The summed E-state index contributed by atoms with van der Waals surface area (Å²) in [5.41, 5.74) is 1.71. The predicted molar refractivity (Wildman–Crippen MR) is 117 cm³/mol. The van der Waals surface area contributed by atoms with Crippen LogP contribution in [-0.4, -0.2) is 64.0 Å². The second-order valence-electron chi connectivity index (χ2n) is 7.37. The molecule has 7 nitrogen and oxygen atoms in total. The van der Waals surface area contributed by atoms with Crippen LogP contribution in [0.15, 0.2) is 66.7 Å². The van der Waals surface area contributed by atoms with E-state index in [2.05, 4.69) is 47.4 Å². The minimum Gasteiger partial charge on any atom is -0.473 e. The molecule has 32 heavy (non-hydrogen) atoms. The lowest BCUT2D eigenvalue weighted by Gasteiger charge is -2.34. The van der Waals surface area contributed by atoms with E-state index in [9.17, 15) is 9.18 Å². The lowest BCUT2D eigenvalue weighted by atomic mass is 10.1. The second-order valence-corrected chi connectivity index (χ2v) is 7.37. The summed E-state index contributed by atoms with van der Waals surface area (Å²) in [5.74, 6) is -4.11. The molecule has 1 aliphatic rings. The Labute approximate surface area is 184 Å². The van der Waals surface area contributed by atoms with Gasteiger partial charge in [0.05, 0.1) is 0 Å². The maximum Gasteiger partial charge on any atom is 0.414 e.